The minimum absolute atomic E-state index is 0.00938. The summed E-state index contributed by atoms with van der Waals surface area (Å²) >= 11 is 12.3. The molecule has 2 atom stereocenters. The predicted octanol–water partition coefficient (Wildman–Crippen LogP) is 4.61. The number of aromatic nitrogens is 2. The van der Waals surface area contributed by atoms with Gasteiger partial charge in [-0.1, -0.05) is 23.2 Å². The summed E-state index contributed by atoms with van der Waals surface area (Å²) in [6.07, 6.45) is 2.69. The molecule has 0 radical (unpaired) electrons. The van der Waals surface area contributed by atoms with Crippen LogP contribution in [0.25, 0.3) is 22.3 Å². The quantitative estimate of drug-likeness (QED) is 0.281. The van der Waals surface area contributed by atoms with Crippen molar-refractivity contribution in [1.82, 2.24) is 14.9 Å². The SMILES string of the molecule is CN1CC[C@H](c2c(O)cc(O)c3c(=O)cc(-c4cccnc4Cl)oc23)[C@H](OC(=O)c2cccnc2Cl)C1. The number of halogens is 2. The van der Waals surface area contributed by atoms with Crippen molar-refractivity contribution in [2.75, 3.05) is 20.1 Å². The number of phenols is 2. The maximum Gasteiger partial charge on any atom is 0.341 e. The number of piperidine rings is 1. The van der Waals surface area contributed by atoms with E-state index in [0.717, 1.165) is 6.07 Å². The van der Waals surface area contributed by atoms with Crippen LogP contribution >= 0.6 is 23.2 Å². The highest BCUT2D eigenvalue weighted by atomic mass is 35.5. The van der Waals surface area contributed by atoms with Gasteiger partial charge in [0.1, 0.15) is 44.6 Å². The number of hydrogen-bond donors (Lipinski definition) is 2. The summed E-state index contributed by atoms with van der Waals surface area (Å²) in [6, 6.07) is 8.67. The normalized spacial score (nSPS) is 18.1. The van der Waals surface area contributed by atoms with E-state index in [1.807, 2.05) is 11.9 Å². The molecule has 9 nitrogen and oxygen atoms in total. The Morgan fingerprint density at radius 1 is 1.11 bits per heavy atom. The predicted molar refractivity (Wildman–Crippen MR) is 137 cm³/mol. The van der Waals surface area contributed by atoms with Crippen molar-refractivity contribution in [1.29, 1.82) is 0 Å². The van der Waals surface area contributed by atoms with Gasteiger partial charge in [-0.3, -0.25) is 4.79 Å². The Hall–Kier alpha value is -3.66. The van der Waals surface area contributed by atoms with E-state index in [1.165, 1.54) is 24.5 Å². The van der Waals surface area contributed by atoms with Crippen LogP contribution in [-0.4, -0.2) is 57.3 Å². The standard InChI is InChI=1S/C26H21Cl2N3O6/c1-31-9-6-13(20(12-31)37-26(35)15-5-3-8-30-25(15)28)21-16(32)10-17(33)22-18(34)11-19(36-23(21)22)14-4-2-7-29-24(14)27/h2-5,7-8,10-11,13,20,32-33H,6,9,12H2,1H3/t13-,20+/m0/s1. The number of rotatable bonds is 4. The van der Waals surface area contributed by atoms with E-state index in [0.29, 0.717) is 25.1 Å². The third-order valence-corrected chi connectivity index (χ3v) is 7.00. The topological polar surface area (TPSA) is 126 Å². The number of ether oxygens (including phenoxy) is 1. The summed E-state index contributed by atoms with van der Waals surface area (Å²) in [4.78, 5) is 36.0. The number of aromatic hydroxyl groups is 2. The zero-order chi connectivity index (χ0) is 26.3. The average molecular weight is 542 g/mol. The van der Waals surface area contributed by atoms with Crippen LogP contribution in [0.2, 0.25) is 10.3 Å². The second kappa shape index (κ2) is 10.0. The molecule has 3 aromatic heterocycles. The monoisotopic (exact) mass is 541 g/mol. The molecule has 0 bridgehead atoms. The van der Waals surface area contributed by atoms with Gasteiger partial charge in [-0.2, -0.15) is 0 Å². The van der Waals surface area contributed by atoms with E-state index < -0.39 is 29.2 Å². The second-order valence-electron chi connectivity index (χ2n) is 8.79. The van der Waals surface area contributed by atoms with Gasteiger partial charge in [0, 0.05) is 42.6 Å². The van der Waals surface area contributed by atoms with Gasteiger partial charge in [0.15, 0.2) is 5.43 Å². The van der Waals surface area contributed by atoms with Gasteiger partial charge in [-0.25, -0.2) is 14.8 Å². The number of likely N-dealkylation sites (tertiary alicyclic amines) is 1. The lowest BCUT2D eigenvalue weighted by molar-refractivity contribution is 0.00194. The van der Waals surface area contributed by atoms with Crippen molar-refractivity contribution in [2.45, 2.75) is 18.4 Å². The Kier molecular flexibility index (Phi) is 6.76. The fourth-order valence-electron chi connectivity index (χ4n) is 4.64. The lowest BCUT2D eigenvalue weighted by Gasteiger charge is -2.36. The fourth-order valence-corrected chi connectivity index (χ4v) is 5.05. The van der Waals surface area contributed by atoms with Gasteiger partial charge in [0.2, 0.25) is 0 Å². The fraction of sp³-hybridized carbons (Fsp3) is 0.231. The number of likely N-dealkylation sites (N-methyl/N-ethyl adjacent to an activating group) is 1. The largest absolute Gasteiger partial charge is 0.507 e. The maximum atomic E-state index is 13.1. The number of carbonyl (C=O) groups is 1. The van der Waals surface area contributed by atoms with Gasteiger partial charge < -0.3 is 24.3 Å². The molecule has 0 aliphatic carbocycles. The highest BCUT2D eigenvalue weighted by molar-refractivity contribution is 6.32. The minimum atomic E-state index is -0.739. The number of carbonyl (C=O) groups excluding carboxylic acids is 1. The van der Waals surface area contributed by atoms with E-state index >= 15 is 0 Å². The van der Waals surface area contributed by atoms with E-state index in [-0.39, 0.29) is 43.9 Å². The minimum Gasteiger partial charge on any atom is -0.507 e. The highest BCUT2D eigenvalue weighted by Crippen LogP contribution is 2.43. The molecule has 11 heteroatoms. The molecule has 1 fully saturated rings. The molecule has 37 heavy (non-hydrogen) atoms. The van der Waals surface area contributed by atoms with Crippen molar-refractivity contribution < 1.29 is 24.2 Å². The van der Waals surface area contributed by atoms with Crippen LogP contribution in [0, 0.1) is 0 Å². The first-order valence-corrected chi connectivity index (χ1v) is 12.1. The molecule has 1 aliphatic heterocycles. The second-order valence-corrected chi connectivity index (χ2v) is 9.51. The lowest BCUT2D eigenvalue weighted by Crippen LogP contribution is -2.43. The van der Waals surface area contributed by atoms with Gasteiger partial charge in [-0.15, -0.1) is 0 Å². The van der Waals surface area contributed by atoms with Crippen LogP contribution < -0.4 is 5.43 Å². The summed E-state index contributed by atoms with van der Waals surface area (Å²) < 4.78 is 12.0. The van der Waals surface area contributed by atoms with Crippen LogP contribution in [-0.2, 0) is 4.74 Å². The van der Waals surface area contributed by atoms with Crippen LogP contribution in [0.1, 0.15) is 28.3 Å². The van der Waals surface area contributed by atoms with E-state index in [2.05, 4.69) is 9.97 Å². The van der Waals surface area contributed by atoms with Gasteiger partial charge in [0.25, 0.3) is 0 Å². The highest BCUT2D eigenvalue weighted by Gasteiger charge is 2.37. The first-order valence-electron chi connectivity index (χ1n) is 11.4. The molecule has 190 valence electrons. The lowest BCUT2D eigenvalue weighted by atomic mass is 9.85. The Labute approximate surface area is 220 Å². The van der Waals surface area contributed by atoms with Crippen LogP contribution in [0.3, 0.4) is 0 Å². The molecule has 0 unspecified atom stereocenters. The molecule has 0 amide bonds. The first kappa shape index (κ1) is 25.0. The van der Waals surface area contributed by atoms with Crippen molar-refractivity contribution in [2.24, 2.45) is 0 Å². The Bertz CT molecular complexity index is 1570. The summed E-state index contributed by atoms with van der Waals surface area (Å²) in [6.45, 7) is 0.959. The zero-order valence-corrected chi connectivity index (χ0v) is 21.0. The maximum absolute atomic E-state index is 13.1. The average Bonchev–Trinajstić information content (AvgIpc) is 2.85. The molecule has 5 rings (SSSR count). The van der Waals surface area contributed by atoms with E-state index in [9.17, 15) is 19.8 Å². The molecule has 1 aliphatic rings. The van der Waals surface area contributed by atoms with E-state index in [4.69, 9.17) is 32.4 Å². The number of pyridine rings is 2. The smallest absolute Gasteiger partial charge is 0.341 e. The molecule has 1 aromatic carbocycles. The Balaban J connectivity index is 1.65. The zero-order valence-electron chi connectivity index (χ0n) is 19.5. The molecule has 2 N–H and O–H groups in total. The summed E-state index contributed by atoms with van der Waals surface area (Å²) in [5.41, 5.74) is 0.175. The molecule has 0 spiro atoms. The molecule has 1 saturated heterocycles. The van der Waals surface area contributed by atoms with Gasteiger partial charge >= 0.3 is 5.97 Å². The van der Waals surface area contributed by atoms with Gasteiger partial charge in [-0.05, 0) is 44.3 Å². The number of esters is 1. The summed E-state index contributed by atoms with van der Waals surface area (Å²) in [7, 11) is 1.88. The number of hydrogen-bond acceptors (Lipinski definition) is 9. The van der Waals surface area contributed by atoms with Crippen molar-refractivity contribution >= 4 is 40.1 Å². The van der Waals surface area contributed by atoms with Crippen molar-refractivity contribution in [3.05, 3.63) is 80.4 Å². The number of nitrogens with zero attached hydrogens (tertiary/aromatic N) is 3. The molecular weight excluding hydrogens is 521 g/mol. The van der Waals surface area contributed by atoms with Crippen molar-refractivity contribution in [3.8, 4) is 22.8 Å². The van der Waals surface area contributed by atoms with Crippen molar-refractivity contribution in [3.63, 3.8) is 0 Å². The molecule has 0 saturated carbocycles. The third-order valence-electron chi connectivity index (χ3n) is 6.39. The Morgan fingerprint density at radius 2 is 1.84 bits per heavy atom. The van der Waals surface area contributed by atoms with Gasteiger partial charge in [0.05, 0.1) is 11.1 Å². The molecule has 4 heterocycles. The van der Waals surface area contributed by atoms with Crippen LogP contribution in [0.5, 0.6) is 11.5 Å². The Morgan fingerprint density at radius 3 is 2.57 bits per heavy atom. The molecule has 4 aromatic rings. The molecular formula is C26H21Cl2N3O6. The summed E-state index contributed by atoms with van der Waals surface area (Å²) in [5.74, 6) is -1.85. The first-order chi connectivity index (χ1) is 17.7. The third kappa shape index (κ3) is 4.73. The van der Waals surface area contributed by atoms with Crippen LogP contribution in [0.15, 0.2) is 58.0 Å². The summed E-state index contributed by atoms with van der Waals surface area (Å²) in [5, 5.41) is 21.5. The van der Waals surface area contributed by atoms with Crippen LogP contribution in [0.4, 0.5) is 0 Å². The number of fused-ring (bicyclic) bond motifs is 1. The number of phenolic OH excluding ortho intramolecular Hbond substituents is 2. The van der Waals surface area contributed by atoms with E-state index in [1.54, 1.807) is 18.2 Å². The number of benzene rings is 1.